The smallest absolute Gasteiger partial charge is 0.328 e. The van der Waals surface area contributed by atoms with Gasteiger partial charge in [0.15, 0.2) is 0 Å². The highest BCUT2D eigenvalue weighted by Crippen LogP contribution is 2.49. The molecule has 0 aliphatic carbocycles. The Morgan fingerprint density at radius 3 is 2.74 bits per heavy atom. The Balaban J connectivity index is 1.64. The molecule has 2 atom stereocenters. The van der Waals surface area contributed by atoms with E-state index < -0.39 is 11.6 Å². The van der Waals surface area contributed by atoms with E-state index in [1.165, 1.54) is 4.90 Å². The van der Waals surface area contributed by atoms with Crippen LogP contribution in [0.1, 0.15) is 50.9 Å². The van der Waals surface area contributed by atoms with Crippen LogP contribution in [-0.2, 0) is 11.2 Å². The number of rotatable bonds is 10. The van der Waals surface area contributed by atoms with Gasteiger partial charge in [0.1, 0.15) is 11.3 Å². The van der Waals surface area contributed by atoms with E-state index in [0.717, 1.165) is 53.8 Å². The van der Waals surface area contributed by atoms with E-state index in [-0.39, 0.29) is 11.9 Å². The number of benzene rings is 1. The molecule has 0 bridgehead atoms. The summed E-state index contributed by atoms with van der Waals surface area (Å²) in [5, 5.41) is 1.01. The largest absolute Gasteiger partial charge is 0.497 e. The Morgan fingerprint density at radius 2 is 2.09 bits per heavy atom. The molecule has 188 valence electrons. The average Bonchev–Trinajstić information content (AvgIpc) is 3.28. The van der Waals surface area contributed by atoms with Crippen molar-refractivity contribution in [2.75, 3.05) is 33.8 Å². The van der Waals surface area contributed by atoms with Crippen molar-refractivity contribution in [3.8, 4) is 5.75 Å². The number of fused-ring (bicyclic) bond motifs is 4. The van der Waals surface area contributed by atoms with E-state index >= 15 is 0 Å². The number of nitrogens with one attached hydrogen (secondary N) is 1. The molecule has 1 aromatic carbocycles. The molecular weight excluding hydrogens is 440 g/mol. The number of nitrogens with zero attached hydrogens (tertiary/aromatic N) is 3. The Hall–Kier alpha value is -3.06. The van der Waals surface area contributed by atoms with Crippen LogP contribution in [0, 0.1) is 5.92 Å². The highest BCUT2D eigenvalue weighted by atomic mass is 16.5. The SMILES string of the molecule is C=CC(=C)[C@@H]1c2[nH]c3ccc(OC)cc3c2C[C@@]2(C)C(=O)N(CCCN(C)CCC(C)C)C(=O)N12. The van der Waals surface area contributed by atoms with Gasteiger partial charge in [-0.05, 0) is 75.2 Å². The summed E-state index contributed by atoms with van der Waals surface area (Å²) >= 11 is 0. The number of aromatic nitrogens is 1. The number of amides is 3. The van der Waals surface area contributed by atoms with Gasteiger partial charge in [0, 0.05) is 29.6 Å². The number of H-pyrrole nitrogens is 1. The van der Waals surface area contributed by atoms with Crippen LogP contribution in [-0.4, -0.2) is 71.0 Å². The zero-order chi connectivity index (χ0) is 25.5. The molecule has 35 heavy (non-hydrogen) atoms. The quantitative estimate of drug-likeness (QED) is 0.389. The maximum atomic E-state index is 13.8. The van der Waals surface area contributed by atoms with E-state index in [1.54, 1.807) is 18.1 Å². The van der Waals surface area contributed by atoms with Crippen LogP contribution in [0.3, 0.4) is 0 Å². The summed E-state index contributed by atoms with van der Waals surface area (Å²) in [6.45, 7) is 16.7. The molecule has 2 aliphatic heterocycles. The fraction of sp³-hybridized carbons (Fsp3) is 0.500. The molecule has 2 aliphatic rings. The van der Waals surface area contributed by atoms with Crippen LogP contribution in [0.2, 0.25) is 0 Å². The summed E-state index contributed by atoms with van der Waals surface area (Å²) in [4.78, 5) is 36.4. The topological polar surface area (TPSA) is 68.9 Å². The molecule has 0 unspecified atom stereocenters. The summed E-state index contributed by atoms with van der Waals surface area (Å²) in [6, 6.07) is 5.13. The number of aromatic amines is 1. The lowest BCUT2D eigenvalue weighted by Crippen LogP contribution is -2.53. The van der Waals surface area contributed by atoms with Gasteiger partial charge in [-0.25, -0.2) is 4.79 Å². The van der Waals surface area contributed by atoms with Crippen LogP contribution in [0.5, 0.6) is 5.75 Å². The van der Waals surface area contributed by atoms with E-state index in [9.17, 15) is 9.59 Å². The van der Waals surface area contributed by atoms with Crippen molar-refractivity contribution in [2.24, 2.45) is 5.92 Å². The number of ether oxygens (including phenoxy) is 1. The van der Waals surface area contributed by atoms with Gasteiger partial charge in [-0.15, -0.1) is 0 Å². The van der Waals surface area contributed by atoms with E-state index in [2.05, 4.69) is 43.9 Å². The predicted octanol–water partition coefficient (Wildman–Crippen LogP) is 4.91. The number of imide groups is 1. The first-order valence-corrected chi connectivity index (χ1v) is 12.5. The lowest BCUT2D eigenvalue weighted by molar-refractivity contribution is -0.133. The number of hydrogen-bond acceptors (Lipinski definition) is 4. The molecule has 1 N–H and O–H groups in total. The number of hydrogen-bond donors (Lipinski definition) is 1. The van der Waals surface area contributed by atoms with Crippen molar-refractivity contribution in [1.29, 1.82) is 0 Å². The van der Waals surface area contributed by atoms with Crippen molar-refractivity contribution in [2.45, 2.75) is 51.6 Å². The highest BCUT2D eigenvalue weighted by Gasteiger charge is 2.59. The van der Waals surface area contributed by atoms with Crippen LogP contribution < -0.4 is 4.74 Å². The van der Waals surface area contributed by atoms with Gasteiger partial charge in [0.25, 0.3) is 5.91 Å². The summed E-state index contributed by atoms with van der Waals surface area (Å²) < 4.78 is 5.45. The summed E-state index contributed by atoms with van der Waals surface area (Å²) in [7, 11) is 3.74. The zero-order valence-corrected chi connectivity index (χ0v) is 21.7. The molecule has 0 saturated carbocycles. The molecule has 3 heterocycles. The van der Waals surface area contributed by atoms with E-state index in [1.807, 2.05) is 25.1 Å². The normalized spacial score (nSPS) is 21.7. The summed E-state index contributed by atoms with van der Waals surface area (Å²) in [5.74, 6) is 1.26. The first kappa shape index (κ1) is 25.0. The van der Waals surface area contributed by atoms with Crippen LogP contribution in [0.15, 0.2) is 43.0 Å². The van der Waals surface area contributed by atoms with Gasteiger partial charge in [-0.1, -0.05) is 33.1 Å². The third-order valence-corrected chi connectivity index (χ3v) is 7.50. The fourth-order valence-electron chi connectivity index (χ4n) is 5.40. The van der Waals surface area contributed by atoms with Crippen molar-refractivity contribution in [3.63, 3.8) is 0 Å². The van der Waals surface area contributed by atoms with Gasteiger partial charge in [0.05, 0.1) is 13.2 Å². The van der Waals surface area contributed by atoms with Gasteiger partial charge >= 0.3 is 6.03 Å². The van der Waals surface area contributed by atoms with Crippen LogP contribution in [0.25, 0.3) is 10.9 Å². The van der Waals surface area contributed by atoms with Gasteiger partial charge in [-0.2, -0.15) is 0 Å². The number of carbonyl (C=O) groups is 2. The fourth-order valence-corrected chi connectivity index (χ4v) is 5.40. The monoisotopic (exact) mass is 478 g/mol. The van der Waals surface area contributed by atoms with E-state index in [4.69, 9.17) is 4.74 Å². The Labute approximate surface area is 208 Å². The average molecular weight is 479 g/mol. The van der Waals surface area contributed by atoms with Crippen LogP contribution >= 0.6 is 0 Å². The summed E-state index contributed by atoms with van der Waals surface area (Å²) in [6.07, 6.45) is 3.99. The molecule has 1 fully saturated rings. The Kier molecular flexibility index (Phi) is 6.82. The molecule has 0 spiro atoms. The minimum atomic E-state index is -0.984. The van der Waals surface area contributed by atoms with Crippen molar-refractivity contribution in [3.05, 3.63) is 54.3 Å². The zero-order valence-electron chi connectivity index (χ0n) is 21.7. The van der Waals surface area contributed by atoms with Crippen LogP contribution in [0.4, 0.5) is 4.79 Å². The lowest BCUT2D eigenvalue weighted by atomic mass is 9.81. The highest BCUT2D eigenvalue weighted by molar-refractivity contribution is 6.08. The van der Waals surface area contributed by atoms with Gasteiger partial charge in [-0.3, -0.25) is 14.6 Å². The second-order valence-corrected chi connectivity index (χ2v) is 10.5. The third kappa shape index (κ3) is 4.27. The number of methoxy groups -OCH3 is 1. The molecule has 4 rings (SSSR count). The Bertz CT molecular complexity index is 1170. The second-order valence-electron chi connectivity index (χ2n) is 10.5. The number of carbonyl (C=O) groups excluding carboxylic acids is 2. The third-order valence-electron chi connectivity index (χ3n) is 7.50. The van der Waals surface area contributed by atoms with Crippen molar-refractivity contribution < 1.29 is 14.3 Å². The maximum Gasteiger partial charge on any atom is 0.328 e. The first-order valence-electron chi connectivity index (χ1n) is 12.5. The minimum Gasteiger partial charge on any atom is -0.497 e. The van der Waals surface area contributed by atoms with Crippen molar-refractivity contribution in [1.82, 2.24) is 19.7 Å². The predicted molar refractivity (Wildman–Crippen MR) is 140 cm³/mol. The van der Waals surface area contributed by atoms with Gasteiger partial charge < -0.3 is 14.6 Å². The molecule has 2 aromatic rings. The summed E-state index contributed by atoms with van der Waals surface area (Å²) in [5.41, 5.74) is 2.58. The van der Waals surface area contributed by atoms with E-state index in [0.29, 0.717) is 24.5 Å². The molecule has 0 radical (unpaired) electrons. The van der Waals surface area contributed by atoms with Crippen molar-refractivity contribution >= 4 is 22.8 Å². The molecule has 7 nitrogen and oxygen atoms in total. The number of urea groups is 1. The lowest BCUT2D eigenvalue weighted by Gasteiger charge is -2.42. The molecular formula is C28H38N4O3. The standard InChI is InChI=1S/C28H38N4O3/c1-8-19(4)25-24-22(21-16-20(35-7)10-11-23(21)29-24)17-28(5)26(33)31(27(34)32(25)28)14-9-13-30(6)15-12-18(2)3/h8,10-11,16,18,25,29H,1,4,9,12-15,17H2,2-3,5-7H3/t25-,28+/m1/s1. The Morgan fingerprint density at radius 1 is 1.34 bits per heavy atom. The molecule has 7 heteroatoms. The van der Waals surface area contributed by atoms with Gasteiger partial charge in [0.2, 0.25) is 0 Å². The first-order chi connectivity index (χ1) is 16.6. The minimum absolute atomic E-state index is 0.142. The molecule has 1 aromatic heterocycles. The maximum absolute atomic E-state index is 13.8. The molecule has 3 amide bonds. The molecule has 1 saturated heterocycles. The second kappa shape index (κ2) is 9.53.